The summed E-state index contributed by atoms with van der Waals surface area (Å²) in [6.45, 7) is 10.3. The second kappa shape index (κ2) is 6.60. The number of carbonyl (C=O) groups excluding carboxylic acids is 1. The average molecular weight is 271 g/mol. The third kappa shape index (κ3) is 5.01. The lowest BCUT2D eigenvalue weighted by molar-refractivity contribution is -0.0153. The molecule has 0 saturated carbocycles. The largest absolute Gasteiger partial charge is 0.444 e. The zero-order valence-corrected chi connectivity index (χ0v) is 13.0. The molecule has 0 aromatic rings. The molecule has 4 heteroatoms. The van der Waals surface area contributed by atoms with Gasteiger partial charge >= 0.3 is 6.09 Å². The van der Waals surface area contributed by atoms with Crippen LogP contribution in [0.25, 0.3) is 0 Å². The number of hydrogen-bond acceptors (Lipinski definition) is 3. The van der Waals surface area contributed by atoms with Gasteiger partial charge in [-0.2, -0.15) is 0 Å². The summed E-state index contributed by atoms with van der Waals surface area (Å²) in [5.41, 5.74) is -0.489. The van der Waals surface area contributed by atoms with Crippen LogP contribution in [-0.2, 0) is 4.74 Å². The second-order valence-corrected chi connectivity index (χ2v) is 6.83. The van der Waals surface area contributed by atoms with Crippen molar-refractivity contribution in [3.8, 4) is 0 Å². The Kier molecular flexibility index (Phi) is 5.65. The molecular formula is C15H29NO3. The van der Waals surface area contributed by atoms with Gasteiger partial charge in [0.05, 0.1) is 12.1 Å². The zero-order chi connectivity index (χ0) is 14.6. The Labute approximate surface area is 117 Å². The molecule has 19 heavy (non-hydrogen) atoms. The first kappa shape index (κ1) is 16.3. The standard InChI is InChI=1S/C15H29NO3/c1-11(2)13(17)12-9-7-6-8-10-16(12)14(18)19-15(3,4)5/h11-13,17H,6-10H2,1-5H3. The first-order valence-electron chi connectivity index (χ1n) is 7.40. The summed E-state index contributed by atoms with van der Waals surface area (Å²) in [7, 11) is 0. The zero-order valence-electron chi connectivity index (χ0n) is 13.0. The normalized spacial score (nSPS) is 23.1. The van der Waals surface area contributed by atoms with E-state index in [1.807, 2.05) is 34.6 Å². The molecule has 4 nitrogen and oxygen atoms in total. The highest BCUT2D eigenvalue weighted by Crippen LogP contribution is 2.24. The van der Waals surface area contributed by atoms with E-state index < -0.39 is 11.7 Å². The van der Waals surface area contributed by atoms with Crippen molar-refractivity contribution in [3.05, 3.63) is 0 Å². The summed E-state index contributed by atoms with van der Waals surface area (Å²) in [6.07, 6.45) is 3.25. The lowest BCUT2D eigenvalue weighted by Crippen LogP contribution is -2.50. The van der Waals surface area contributed by atoms with Crippen LogP contribution in [0.4, 0.5) is 4.79 Å². The monoisotopic (exact) mass is 271 g/mol. The van der Waals surface area contributed by atoms with Crippen LogP contribution in [0, 0.1) is 5.92 Å². The Hall–Kier alpha value is -0.770. The van der Waals surface area contributed by atoms with E-state index in [1.165, 1.54) is 0 Å². The number of aliphatic hydroxyl groups is 1. The van der Waals surface area contributed by atoms with Crippen LogP contribution < -0.4 is 0 Å². The number of carbonyl (C=O) groups is 1. The van der Waals surface area contributed by atoms with Gasteiger partial charge in [0.1, 0.15) is 5.60 Å². The van der Waals surface area contributed by atoms with Gasteiger partial charge in [0, 0.05) is 6.54 Å². The number of rotatable bonds is 2. The minimum absolute atomic E-state index is 0.114. The minimum atomic E-state index is -0.489. The van der Waals surface area contributed by atoms with Crippen LogP contribution in [0.2, 0.25) is 0 Å². The van der Waals surface area contributed by atoms with Gasteiger partial charge in [-0.25, -0.2) is 4.79 Å². The highest BCUT2D eigenvalue weighted by Gasteiger charge is 2.34. The van der Waals surface area contributed by atoms with E-state index in [0.29, 0.717) is 6.54 Å². The van der Waals surface area contributed by atoms with E-state index in [1.54, 1.807) is 4.90 Å². The first-order valence-corrected chi connectivity index (χ1v) is 7.40. The predicted molar refractivity (Wildman–Crippen MR) is 76.0 cm³/mol. The van der Waals surface area contributed by atoms with Crippen LogP contribution in [-0.4, -0.2) is 40.4 Å². The predicted octanol–water partition coefficient (Wildman–Crippen LogP) is 3.18. The Morgan fingerprint density at radius 2 is 1.89 bits per heavy atom. The van der Waals surface area contributed by atoms with Crippen molar-refractivity contribution >= 4 is 6.09 Å². The molecule has 0 aromatic heterocycles. The van der Waals surface area contributed by atoms with E-state index in [4.69, 9.17) is 4.74 Å². The number of likely N-dealkylation sites (tertiary alicyclic amines) is 1. The molecule has 2 atom stereocenters. The molecule has 1 aliphatic heterocycles. The second-order valence-electron chi connectivity index (χ2n) is 6.83. The van der Waals surface area contributed by atoms with E-state index in [-0.39, 0.29) is 18.1 Å². The third-order valence-electron chi connectivity index (χ3n) is 3.50. The highest BCUT2D eigenvalue weighted by molar-refractivity contribution is 5.68. The Morgan fingerprint density at radius 1 is 1.26 bits per heavy atom. The van der Waals surface area contributed by atoms with Crippen molar-refractivity contribution < 1.29 is 14.6 Å². The van der Waals surface area contributed by atoms with Crippen LogP contribution in [0.5, 0.6) is 0 Å². The average Bonchev–Trinajstić information content (AvgIpc) is 2.50. The summed E-state index contributed by atoms with van der Waals surface area (Å²) in [5, 5.41) is 10.3. The molecule has 0 bridgehead atoms. The molecule has 112 valence electrons. The SMILES string of the molecule is CC(C)C(O)C1CCCCCN1C(=O)OC(C)(C)C. The smallest absolute Gasteiger partial charge is 0.410 e. The Bertz CT molecular complexity index is 296. The fourth-order valence-corrected chi connectivity index (χ4v) is 2.48. The lowest BCUT2D eigenvalue weighted by atomic mass is 9.95. The van der Waals surface area contributed by atoms with E-state index in [0.717, 1.165) is 25.7 Å². The Morgan fingerprint density at radius 3 is 2.42 bits per heavy atom. The molecular weight excluding hydrogens is 242 g/mol. The first-order chi connectivity index (χ1) is 8.72. The third-order valence-corrected chi connectivity index (χ3v) is 3.50. The number of nitrogens with zero attached hydrogens (tertiary/aromatic N) is 1. The highest BCUT2D eigenvalue weighted by atomic mass is 16.6. The number of ether oxygens (including phenoxy) is 1. The van der Waals surface area contributed by atoms with Gasteiger partial charge in [0.25, 0.3) is 0 Å². The van der Waals surface area contributed by atoms with Crippen LogP contribution >= 0.6 is 0 Å². The fraction of sp³-hybridized carbons (Fsp3) is 0.933. The maximum atomic E-state index is 12.3. The van der Waals surface area contributed by atoms with Gasteiger partial charge in [-0.15, -0.1) is 0 Å². The molecule has 1 aliphatic rings. The van der Waals surface area contributed by atoms with Gasteiger partial charge in [-0.1, -0.05) is 26.7 Å². The van der Waals surface area contributed by atoms with E-state index in [2.05, 4.69) is 0 Å². The topological polar surface area (TPSA) is 49.8 Å². The molecule has 1 heterocycles. The maximum absolute atomic E-state index is 12.3. The maximum Gasteiger partial charge on any atom is 0.410 e. The van der Waals surface area contributed by atoms with Crippen LogP contribution in [0.15, 0.2) is 0 Å². The Balaban J connectivity index is 2.81. The molecule has 0 aromatic carbocycles. The van der Waals surface area contributed by atoms with Gasteiger partial charge in [0.2, 0.25) is 0 Å². The van der Waals surface area contributed by atoms with E-state index >= 15 is 0 Å². The van der Waals surface area contributed by atoms with Crippen molar-refractivity contribution in [2.75, 3.05) is 6.54 Å². The van der Waals surface area contributed by atoms with Crippen molar-refractivity contribution in [1.29, 1.82) is 0 Å². The van der Waals surface area contributed by atoms with Crippen LogP contribution in [0.1, 0.15) is 60.3 Å². The molecule has 1 N–H and O–H groups in total. The number of amides is 1. The molecule has 1 rings (SSSR count). The molecule has 0 radical (unpaired) electrons. The lowest BCUT2D eigenvalue weighted by Gasteiger charge is -2.36. The molecule has 1 saturated heterocycles. The van der Waals surface area contributed by atoms with Crippen molar-refractivity contribution in [1.82, 2.24) is 4.90 Å². The van der Waals surface area contributed by atoms with Crippen molar-refractivity contribution in [2.24, 2.45) is 5.92 Å². The molecule has 0 aliphatic carbocycles. The summed E-state index contributed by atoms with van der Waals surface area (Å²) in [6, 6.07) is -0.114. The molecule has 0 spiro atoms. The van der Waals surface area contributed by atoms with Gasteiger partial charge < -0.3 is 14.7 Å². The molecule has 2 unspecified atom stereocenters. The van der Waals surface area contributed by atoms with Gasteiger partial charge in [-0.05, 0) is 39.5 Å². The number of aliphatic hydroxyl groups excluding tert-OH is 1. The summed E-state index contributed by atoms with van der Waals surface area (Å²) < 4.78 is 5.47. The fourth-order valence-electron chi connectivity index (χ4n) is 2.48. The summed E-state index contributed by atoms with van der Waals surface area (Å²) in [5.74, 6) is 0.146. The minimum Gasteiger partial charge on any atom is -0.444 e. The quantitative estimate of drug-likeness (QED) is 0.839. The molecule has 1 fully saturated rings. The van der Waals surface area contributed by atoms with Crippen molar-refractivity contribution in [2.45, 2.75) is 78.0 Å². The number of hydrogen-bond donors (Lipinski definition) is 1. The van der Waals surface area contributed by atoms with Gasteiger partial charge in [-0.3, -0.25) is 0 Å². The van der Waals surface area contributed by atoms with Gasteiger partial charge in [0.15, 0.2) is 0 Å². The summed E-state index contributed by atoms with van der Waals surface area (Å²) in [4.78, 5) is 14.0. The van der Waals surface area contributed by atoms with Crippen molar-refractivity contribution in [3.63, 3.8) is 0 Å². The summed E-state index contributed by atoms with van der Waals surface area (Å²) >= 11 is 0. The van der Waals surface area contributed by atoms with E-state index in [9.17, 15) is 9.90 Å². The van der Waals surface area contributed by atoms with Crippen LogP contribution in [0.3, 0.4) is 0 Å². The molecule has 1 amide bonds.